The fourth-order valence-electron chi connectivity index (χ4n) is 2.09. The average molecular weight is 299 g/mol. The van der Waals surface area contributed by atoms with Crippen LogP contribution in [0, 0.1) is 13.8 Å². The van der Waals surface area contributed by atoms with Gasteiger partial charge >= 0.3 is 0 Å². The van der Waals surface area contributed by atoms with Crippen LogP contribution in [-0.2, 0) is 0 Å². The molecule has 1 N–H and O–H groups in total. The first-order chi connectivity index (χ1) is 10.5. The molecule has 0 bridgehead atoms. The van der Waals surface area contributed by atoms with E-state index < -0.39 is 0 Å². The number of nitrogens with one attached hydrogen (secondary N) is 1. The number of ether oxygens (including phenoxy) is 2. The lowest BCUT2D eigenvalue weighted by Gasteiger charge is -2.12. The minimum absolute atomic E-state index is 0.199. The van der Waals surface area contributed by atoms with Crippen LogP contribution >= 0.6 is 0 Å². The molecule has 0 aliphatic heterocycles. The van der Waals surface area contributed by atoms with Crippen LogP contribution in [0.5, 0.6) is 11.5 Å². The minimum Gasteiger partial charge on any atom is -0.492 e. The van der Waals surface area contributed by atoms with Crippen LogP contribution in [0.2, 0.25) is 0 Å². The Hall–Kier alpha value is -2.16. The second kappa shape index (κ2) is 7.74. The van der Waals surface area contributed by atoms with Gasteiger partial charge in [0, 0.05) is 12.2 Å². The molecule has 0 aliphatic rings. The van der Waals surface area contributed by atoms with E-state index >= 15 is 0 Å². The zero-order valence-electron chi connectivity index (χ0n) is 13.8. The summed E-state index contributed by atoms with van der Waals surface area (Å²) in [6, 6.07) is 14.2. The van der Waals surface area contributed by atoms with Gasteiger partial charge in [0.15, 0.2) is 0 Å². The number of anilines is 1. The predicted molar refractivity (Wildman–Crippen MR) is 92.1 cm³/mol. The summed E-state index contributed by atoms with van der Waals surface area (Å²) in [5, 5.41) is 3.34. The van der Waals surface area contributed by atoms with Gasteiger partial charge in [-0.15, -0.1) is 0 Å². The molecule has 0 radical (unpaired) electrons. The SMILES string of the molecule is Cc1ccc(OCCNc2ccc(OC(C)C)cc2)cc1C. The van der Waals surface area contributed by atoms with Crippen molar-refractivity contribution in [2.45, 2.75) is 33.8 Å². The van der Waals surface area contributed by atoms with Gasteiger partial charge in [-0.25, -0.2) is 0 Å². The first-order valence-corrected chi connectivity index (χ1v) is 7.75. The van der Waals surface area contributed by atoms with Crippen molar-refractivity contribution in [2.24, 2.45) is 0 Å². The number of hydrogen-bond acceptors (Lipinski definition) is 3. The van der Waals surface area contributed by atoms with E-state index in [1.165, 1.54) is 11.1 Å². The highest BCUT2D eigenvalue weighted by atomic mass is 16.5. The Labute approximate surface area is 133 Å². The van der Waals surface area contributed by atoms with E-state index in [4.69, 9.17) is 9.47 Å². The van der Waals surface area contributed by atoms with Crippen LogP contribution in [0.4, 0.5) is 5.69 Å². The van der Waals surface area contributed by atoms with Crippen LogP contribution < -0.4 is 14.8 Å². The third-order valence-electron chi connectivity index (χ3n) is 3.40. The van der Waals surface area contributed by atoms with Crippen molar-refractivity contribution >= 4 is 5.69 Å². The molecule has 0 saturated heterocycles. The Morgan fingerprint density at radius 2 is 1.59 bits per heavy atom. The maximum absolute atomic E-state index is 5.75. The van der Waals surface area contributed by atoms with Crippen molar-refractivity contribution in [3.63, 3.8) is 0 Å². The summed E-state index contributed by atoms with van der Waals surface area (Å²) >= 11 is 0. The van der Waals surface area contributed by atoms with Gasteiger partial charge in [-0.1, -0.05) is 6.07 Å². The molecule has 0 aromatic heterocycles. The lowest BCUT2D eigenvalue weighted by atomic mass is 10.1. The molecular formula is C19H25NO2. The van der Waals surface area contributed by atoms with Gasteiger partial charge in [0.2, 0.25) is 0 Å². The lowest BCUT2D eigenvalue weighted by Crippen LogP contribution is -2.11. The monoisotopic (exact) mass is 299 g/mol. The van der Waals surface area contributed by atoms with E-state index in [1.807, 2.05) is 44.2 Å². The quantitative estimate of drug-likeness (QED) is 0.759. The summed E-state index contributed by atoms with van der Waals surface area (Å²) < 4.78 is 11.4. The van der Waals surface area contributed by atoms with Gasteiger partial charge in [0.05, 0.1) is 6.10 Å². The Balaban J connectivity index is 1.75. The molecule has 2 aromatic carbocycles. The van der Waals surface area contributed by atoms with Crippen molar-refractivity contribution < 1.29 is 9.47 Å². The van der Waals surface area contributed by atoms with Gasteiger partial charge in [-0.05, 0) is 75.2 Å². The molecule has 0 saturated carbocycles. The topological polar surface area (TPSA) is 30.5 Å². The number of rotatable bonds is 7. The molecule has 22 heavy (non-hydrogen) atoms. The van der Waals surface area contributed by atoms with Gasteiger partial charge in [-0.3, -0.25) is 0 Å². The molecule has 0 aliphatic carbocycles. The third-order valence-corrected chi connectivity index (χ3v) is 3.40. The Kier molecular flexibility index (Phi) is 5.70. The van der Waals surface area contributed by atoms with Crippen molar-refractivity contribution in [1.29, 1.82) is 0 Å². The number of aryl methyl sites for hydroxylation is 2. The maximum atomic E-state index is 5.75. The van der Waals surface area contributed by atoms with Gasteiger partial charge in [-0.2, -0.15) is 0 Å². The molecule has 0 unspecified atom stereocenters. The molecule has 2 aromatic rings. The van der Waals surface area contributed by atoms with Crippen LogP contribution in [0.3, 0.4) is 0 Å². The smallest absolute Gasteiger partial charge is 0.119 e. The molecule has 118 valence electrons. The summed E-state index contributed by atoms with van der Waals surface area (Å²) in [7, 11) is 0. The van der Waals surface area contributed by atoms with E-state index in [2.05, 4.69) is 31.3 Å². The summed E-state index contributed by atoms with van der Waals surface area (Å²) in [4.78, 5) is 0. The van der Waals surface area contributed by atoms with Crippen molar-refractivity contribution in [3.05, 3.63) is 53.6 Å². The van der Waals surface area contributed by atoms with Gasteiger partial charge in [0.1, 0.15) is 18.1 Å². The average Bonchev–Trinajstić information content (AvgIpc) is 2.48. The molecule has 0 heterocycles. The standard InChI is InChI=1S/C19H25NO2/c1-14(2)22-18-9-6-17(7-10-18)20-11-12-21-19-8-5-15(3)16(4)13-19/h5-10,13-14,20H,11-12H2,1-4H3. The number of benzene rings is 2. The van der Waals surface area contributed by atoms with Crippen LogP contribution in [0.25, 0.3) is 0 Å². The highest BCUT2D eigenvalue weighted by Gasteiger charge is 1.99. The largest absolute Gasteiger partial charge is 0.492 e. The van der Waals surface area contributed by atoms with Crippen molar-refractivity contribution in [2.75, 3.05) is 18.5 Å². The van der Waals surface area contributed by atoms with Crippen LogP contribution in [0.15, 0.2) is 42.5 Å². The number of hydrogen-bond donors (Lipinski definition) is 1. The van der Waals surface area contributed by atoms with Crippen LogP contribution in [0.1, 0.15) is 25.0 Å². The van der Waals surface area contributed by atoms with E-state index in [9.17, 15) is 0 Å². The van der Waals surface area contributed by atoms with Gasteiger partial charge in [0.25, 0.3) is 0 Å². The Bertz CT molecular complexity index is 591. The first-order valence-electron chi connectivity index (χ1n) is 7.75. The second-order valence-electron chi connectivity index (χ2n) is 5.71. The zero-order chi connectivity index (χ0) is 15.9. The summed E-state index contributed by atoms with van der Waals surface area (Å²) in [6.45, 7) is 9.64. The minimum atomic E-state index is 0.199. The second-order valence-corrected chi connectivity index (χ2v) is 5.71. The molecule has 3 heteroatoms. The van der Waals surface area contributed by atoms with E-state index in [0.717, 1.165) is 23.7 Å². The third kappa shape index (κ3) is 4.99. The Morgan fingerprint density at radius 1 is 0.909 bits per heavy atom. The molecule has 3 nitrogen and oxygen atoms in total. The van der Waals surface area contributed by atoms with E-state index in [1.54, 1.807) is 0 Å². The fourth-order valence-corrected chi connectivity index (χ4v) is 2.09. The molecule has 0 atom stereocenters. The molecule has 0 amide bonds. The molecule has 0 spiro atoms. The predicted octanol–water partition coefficient (Wildman–Crippen LogP) is 4.58. The van der Waals surface area contributed by atoms with Crippen molar-refractivity contribution in [1.82, 2.24) is 0 Å². The normalized spacial score (nSPS) is 10.6. The van der Waals surface area contributed by atoms with Crippen molar-refractivity contribution in [3.8, 4) is 11.5 Å². The zero-order valence-corrected chi connectivity index (χ0v) is 13.8. The fraction of sp³-hybridized carbons (Fsp3) is 0.368. The van der Waals surface area contributed by atoms with Gasteiger partial charge < -0.3 is 14.8 Å². The highest BCUT2D eigenvalue weighted by Crippen LogP contribution is 2.18. The summed E-state index contributed by atoms with van der Waals surface area (Å²) in [6.07, 6.45) is 0.199. The van der Waals surface area contributed by atoms with E-state index in [-0.39, 0.29) is 6.10 Å². The first kappa shape index (κ1) is 16.2. The molecular weight excluding hydrogens is 274 g/mol. The summed E-state index contributed by atoms with van der Waals surface area (Å²) in [5.41, 5.74) is 3.61. The highest BCUT2D eigenvalue weighted by molar-refractivity contribution is 5.46. The van der Waals surface area contributed by atoms with E-state index in [0.29, 0.717) is 6.61 Å². The Morgan fingerprint density at radius 3 is 2.23 bits per heavy atom. The van der Waals surface area contributed by atoms with Crippen LogP contribution in [-0.4, -0.2) is 19.3 Å². The molecule has 0 fully saturated rings. The summed E-state index contributed by atoms with van der Waals surface area (Å²) in [5.74, 6) is 1.82. The maximum Gasteiger partial charge on any atom is 0.119 e. The molecule has 2 rings (SSSR count). The lowest BCUT2D eigenvalue weighted by molar-refractivity contribution is 0.242.